The van der Waals surface area contributed by atoms with E-state index in [1.807, 2.05) is 19.9 Å². The summed E-state index contributed by atoms with van der Waals surface area (Å²) in [7, 11) is 0. The number of halogens is 1. The van der Waals surface area contributed by atoms with Crippen LogP contribution in [0.15, 0.2) is 30.3 Å². The van der Waals surface area contributed by atoms with E-state index >= 15 is 0 Å². The van der Waals surface area contributed by atoms with Crippen LogP contribution in [-0.4, -0.2) is 15.4 Å². The predicted octanol–water partition coefficient (Wildman–Crippen LogP) is 4.14. The summed E-state index contributed by atoms with van der Waals surface area (Å²) in [6.45, 7) is 4.06. The van der Waals surface area contributed by atoms with Gasteiger partial charge in [-0.05, 0) is 56.5 Å². The topological polar surface area (TPSA) is 77.2 Å². The van der Waals surface area contributed by atoms with Gasteiger partial charge in [-0.25, -0.2) is 0 Å². The number of nitro benzene ring substituents is 1. The Morgan fingerprint density at radius 2 is 2.08 bits per heavy atom. The lowest BCUT2D eigenvalue weighted by Crippen LogP contribution is -2.08. The maximum atomic E-state index is 13.3. The number of benzene rings is 1. The fourth-order valence-corrected chi connectivity index (χ4v) is 2.95. The normalized spacial score (nSPS) is 14.0. The number of amides is 1. The van der Waals surface area contributed by atoms with Crippen LogP contribution in [-0.2, 0) is 4.79 Å². The smallest absolute Gasteiger partial charge is 0.306 e. The zero-order valence-electron chi connectivity index (χ0n) is 14.0. The number of aryl methyl sites for hydroxylation is 1. The van der Waals surface area contributed by atoms with Crippen LogP contribution in [0.1, 0.15) is 35.8 Å². The highest BCUT2D eigenvalue weighted by Gasteiger charge is 2.26. The van der Waals surface area contributed by atoms with E-state index in [2.05, 4.69) is 9.88 Å². The number of nitrogens with one attached hydrogen (secondary N) is 1. The van der Waals surface area contributed by atoms with Gasteiger partial charge in [0.05, 0.1) is 4.92 Å². The number of hydrogen-bond donors (Lipinski definition) is 1. The number of rotatable bonds is 5. The van der Waals surface area contributed by atoms with Crippen LogP contribution in [0, 0.1) is 29.8 Å². The zero-order chi connectivity index (χ0) is 18.1. The highest BCUT2D eigenvalue weighted by molar-refractivity contribution is 6.02. The monoisotopic (exact) mass is 343 g/mol. The maximum Gasteiger partial charge on any atom is 0.306 e. The van der Waals surface area contributed by atoms with Gasteiger partial charge in [0.1, 0.15) is 0 Å². The van der Waals surface area contributed by atoms with Crippen molar-refractivity contribution in [2.24, 2.45) is 0 Å². The molecular weight excluding hydrogens is 325 g/mol. The third-order valence-corrected chi connectivity index (χ3v) is 4.26. The van der Waals surface area contributed by atoms with Crippen molar-refractivity contribution < 1.29 is 14.1 Å². The standard InChI is InChI=1S/C18H18FN3O3/c1-11-9-13(12(2)21(11)15-5-6-15)3-8-18(23)20-14-4-7-16(19)17(10-14)22(24)25/h3-4,7-10,15H,5-6H2,1-2H3,(H,20,23)/b8-3+. The molecule has 1 aliphatic rings. The number of carbonyl (C=O) groups excluding carboxylic acids is 1. The van der Waals surface area contributed by atoms with Crippen LogP contribution < -0.4 is 5.32 Å². The van der Waals surface area contributed by atoms with Gasteiger partial charge < -0.3 is 9.88 Å². The van der Waals surface area contributed by atoms with Crippen molar-refractivity contribution in [3.8, 4) is 0 Å². The van der Waals surface area contributed by atoms with Crippen LogP contribution in [0.5, 0.6) is 0 Å². The Morgan fingerprint density at radius 1 is 1.36 bits per heavy atom. The van der Waals surface area contributed by atoms with Crippen molar-refractivity contribution in [1.29, 1.82) is 0 Å². The summed E-state index contributed by atoms with van der Waals surface area (Å²) in [6.07, 6.45) is 5.45. The highest BCUT2D eigenvalue weighted by atomic mass is 19.1. The van der Waals surface area contributed by atoms with Gasteiger partial charge in [-0.1, -0.05) is 0 Å². The van der Waals surface area contributed by atoms with Crippen molar-refractivity contribution in [2.75, 3.05) is 5.32 Å². The Kier molecular flexibility index (Phi) is 4.39. The van der Waals surface area contributed by atoms with Crippen molar-refractivity contribution in [3.63, 3.8) is 0 Å². The molecule has 3 rings (SSSR count). The number of aromatic nitrogens is 1. The minimum Gasteiger partial charge on any atom is -0.346 e. The van der Waals surface area contributed by atoms with E-state index in [0.29, 0.717) is 6.04 Å². The molecule has 130 valence electrons. The second-order valence-electron chi connectivity index (χ2n) is 6.17. The first-order valence-electron chi connectivity index (χ1n) is 7.98. The number of nitrogens with zero attached hydrogens (tertiary/aromatic N) is 2. The average Bonchev–Trinajstić information content (AvgIpc) is 3.33. The van der Waals surface area contributed by atoms with E-state index in [4.69, 9.17) is 0 Å². The van der Waals surface area contributed by atoms with Crippen molar-refractivity contribution in [3.05, 3.63) is 63.2 Å². The van der Waals surface area contributed by atoms with Gasteiger partial charge in [0.15, 0.2) is 0 Å². The van der Waals surface area contributed by atoms with Gasteiger partial charge in [0, 0.05) is 35.3 Å². The van der Waals surface area contributed by atoms with Crippen LogP contribution in [0.4, 0.5) is 15.8 Å². The number of anilines is 1. The minimum atomic E-state index is -0.939. The van der Waals surface area contributed by atoms with E-state index in [0.717, 1.165) is 29.1 Å². The first-order valence-corrected chi connectivity index (χ1v) is 7.98. The lowest BCUT2D eigenvalue weighted by molar-refractivity contribution is -0.387. The summed E-state index contributed by atoms with van der Waals surface area (Å²) in [6, 6.07) is 5.84. The molecule has 1 aromatic carbocycles. The Hall–Kier alpha value is -2.96. The van der Waals surface area contributed by atoms with Gasteiger partial charge in [-0.2, -0.15) is 4.39 Å². The van der Waals surface area contributed by atoms with Gasteiger partial charge in [-0.15, -0.1) is 0 Å². The lowest BCUT2D eigenvalue weighted by atomic mass is 10.2. The highest BCUT2D eigenvalue weighted by Crippen LogP contribution is 2.38. The Labute approximate surface area is 144 Å². The van der Waals surface area contributed by atoms with Crippen LogP contribution in [0.25, 0.3) is 6.08 Å². The first kappa shape index (κ1) is 16.9. The number of hydrogen-bond acceptors (Lipinski definition) is 3. The molecule has 1 heterocycles. The number of carbonyl (C=O) groups is 1. The van der Waals surface area contributed by atoms with E-state index in [-0.39, 0.29) is 5.69 Å². The van der Waals surface area contributed by atoms with Crippen molar-refractivity contribution in [2.45, 2.75) is 32.7 Å². The molecule has 0 aliphatic heterocycles. The zero-order valence-corrected chi connectivity index (χ0v) is 14.0. The molecular formula is C18H18FN3O3. The Bertz CT molecular complexity index is 882. The molecule has 1 aliphatic carbocycles. The van der Waals surface area contributed by atoms with E-state index in [1.165, 1.54) is 25.0 Å². The molecule has 25 heavy (non-hydrogen) atoms. The molecule has 0 spiro atoms. The van der Waals surface area contributed by atoms with Gasteiger partial charge in [0.2, 0.25) is 11.7 Å². The molecule has 0 unspecified atom stereocenters. The summed E-state index contributed by atoms with van der Waals surface area (Å²) in [4.78, 5) is 21.9. The maximum absolute atomic E-state index is 13.3. The molecule has 0 radical (unpaired) electrons. The van der Waals surface area contributed by atoms with Crippen LogP contribution >= 0.6 is 0 Å². The molecule has 0 atom stereocenters. The van der Waals surface area contributed by atoms with Gasteiger partial charge in [0.25, 0.3) is 0 Å². The van der Waals surface area contributed by atoms with Crippen molar-refractivity contribution >= 4 is 23.4 Å². The second-order valence-corrected chi connectivity index (χ2v) is 6.17. The predicted molar refractivity (Wildman–Crippen MR) is 92.9 cm³/mol. The summed E-state index contributed by atoms with van der Waals surface area (Å²) >= 11 is 0. The summed E-state index contributed by atoms with van der Waals surface area (Å²) in [5.74, 6) is -1.37. The van der Waals surface area contributed by atoms with Gasteiger partial charge in [-0.3, -0.25) is 14.9 Å². The minimum absolute atomic E-state index is 0.172. The Morgan fingerprint density at radius 3 is 2.72 bits per heavy atom. The van der Waals surface area contributed by atoms with Crippen molar-refractivity contribution in [1.82, 2.24) is 4.57 Å². The fourth-order valence-electron chi connectivity index (χ4n) is 2.95. The molecule has 1 N–H and O–H groups in total. The summed E-state index contributed by atoms with van der Waals surface area (Å²) in [5.41, 5.74) is 2.74. The van der Waals surface area contributed by atoms with E-state index in [9.17, 15) is 19.3 Å². The fraction of sp³-hybridized carbons (Fsp3) is 0.278. The van der Waals surface area contributed by atoms with E-state index in [1.54, 1.807) is 6.08 Å². The third kappa shape index (κ3) is 3.60. The molecule has 0 saturated heterocycles. The molecule has 1 saturated carbocycles. The Balaban J connectivity index is 1.73. The molecule has 1 amide bonds. The molecule has 7 heteroatoms. The molecule has 6 nitrogen and oxygen atoms in total. The second kappa shape index (κ2) is 6.51. The summed E-state index contributed by atoms with van der Waals surface area (Å²) < 4.78 is 15.6. The quantitative estimate of drug-likeness (QED) is 0.503. The van der Waals surface area contributed by atoms with E-state index < -0.39 is 22.3 Å². The van der Waals surface area contributed by atoms with Crippen LogP contribution in [0.3, 0.4) is 0 Å². The van der Waals surface area contributed by atoms with Crippen LogP contribution in [0.2, 0.25) is 0 Å². The first-order chi connectivity index (χ1) is 11.9. The van der Waals surface area contributed by atoms with Gasteiger partial charge >= 0.3 is 5.69 Å². The molecule has 1 aromatic heterocycles. The number of nitro groups is 1. The summed E-state index contributed by atoms with van der Waals surface area (Å²) in [5, 5.41) is 13.2. The largest absolute Gasteiger partial charge is 0.346 e. The molecule has 0 bridgehead atoms. The molecule has 2 aromatic rings. The third-order valence-electron chi connectivity index (χ3n) is 4.26. The molecule has 1 fully saturated rings. The SMILES string of the molecule is Cc1cc(/C=C/C(=O)Nc2ccc(F)c([N+](=O)[O-])c2)c(C)n1C1CC1. The average molecular weight is 343 g/mol. The lowest BCUT2D eigenvalue weighted by Gasteiger charge is -2.06.